The first-order valence-corrected chi connectivity index (χ1v) is 10.0. The largest absolute Gasteiger partial charge is 0.497 e. The Kier molecular flexibility index (Phi) is 5.33. The first-order valence-electron chi connectivity index (χ1n) is 10.0. The number of rotatable bonds is 6. The molecule has 1 amide bonds. The molecule has 0 spiro atoms. The van der Waals surface area contributed by atoms with E-state index in [0.29, 0.717) is 12.1 Å². The molecule has 4 rings (SSSR count). The van der Waals surface area contributed by atoms with Gasteiger partial charge in [0.05, 0.1) is 7.11 Å². The number of carbonyl (C=O) groups is 2. The Hall–Kier alpha value is -2.82. The molecule has 2 heterocycles. The van der Waals surface area contributed by atoms with Crippen LogP contribution in [-0.2, 0) is 11.2 Å². The van der Waals surface area contributed by atoms with Gasteiger partial charge in [-0.05, 0) is 67.3 Å². The van der Waals surface area contributed by atoms with Crippen LogP contribution in [0, 0.1) is 0 Å². The van der Waals surface area contributed by atoms with Gasteiger partial charge in [-0.2, -0.15) is 0 Å². The quantitative estimate of drug-likeness (QED) is 0.717. The molecule has 2 aliphatic heterocycles. The minimum atomic E-state index is -0.0141. The number of anilines is 2. The summed E-state index contributed by atoms with van der Waals surface area (Å²) in [5.41, 5.74) is 4.12. The topological polar surface area (TPSA) is 49.9 Å². The molecule has 0 N–H and O–H groups in total. The predicted molar refractivity (Wildman–Crippen MR) is 111 cm³/mol. The monoisotopic (exact) mass is 378 g/mol. The van der Waals surface area contributed by atoms with Crippen LogP contribution in [0.1, 0.15) is 41.6 Å². The fraction of sp³-hybridized carbons (Fsp3) is 0.391. The van der Waals surface area contributed by atoms with Crippen LogP contribution in [-0.4, -0.2) is 38.4 Å². The molecule has 0 saturated carbocycles. The molecule has 0 atom stereocenters. The number of hydrogen-bond donors (Lipinski definition) is 0. The highest BCUT2D eigenvalue weighted by Gasteiger charge is 2.26. The minimum absolute atomic E-state index is 0.0141. The highest BCUT2D eigenvalue weighted by Crippen LogP contribution is 2.33. The standard InChI is InChI=1S/C23H26N2O3/c1-28-20-7-4-17(5-8-20)22(26)10-11-23(27)25-15-12-18-16-19(6-9-21(18)25)24-13-2-3-14-24/h4-9,16H,2-3,10-15H2,1H3. The van der Waals surface area contributed by atoms with E-state index in [1.807, 2.05) is 4.90 Å². The molecule has 0 bridgehead atoms. The average Bonchev–Trinajstić information content (AvgIpc) is 3.41. The van der Waals surface area contributed by atoms with E-state index < -0.39 is 0 Å². The SMILES string of the molecule is COc1ccc(C(=O)CCC(=O)N2CCc3cc(N4CCCC4)ccc32)cc1. The summed E-state index contributed by atoms with van der Waals surface area (Å²) in [5.74, 6) is 0.726. The summed E-state index contributed by atoms with van der Waals surface area (Å²) in [6.07, 6.45) is 3.85. The maximum Gasteiger partial charge on any atom is 0.227 e. The van der Waals surface area contributed by atoms with Crippen LogP contribution in [0.2, 0.25) is 0 Å². The van der Waals surface area contributed by atoms with Gasteiger partial charge in [0.1, 0.15) is 5.75 Å². The van der Waals surface area contributed by atoms with E-state index in [1.54, 1.807) is 31.4 Å². The minimum Gasteiger partial charge on any atom is -0.497 e. The Morgan fingerprint density at radius 2 is 1.71 bits per heavy atom. The number of benzene rings is 2. The van der Waals surface area contributed by atoms with Crippen LogP contribution in [0.4, 0.5) is 11.4 Å². The van der Waals surface area contributed by atoms with Crippen molar-refractivity contribution in [2.45, 2.75) is 32.1 Å². The van der Waals surface area contributed by atoms with Crippen molar-refractivity contribution < 1.29 is 14.3 Å². The number of ether oxygens (including phenoxy) is 1. The van der Waals surface area contributed by atoms with E-state index in [4.69, 9.17) is 4.74 Å². The third-order valence-electron chi connectivity index (χ3n) is 5.71. The van der Waals surface area contributed by atoms with Gasteiger partial charge in [-0.25, -0.2) is 0 Å². The second-order valence-corrected chi connectivity index (χ2v) is 7.45. The normalized spacial score (nSPS) is 15.6. The number of amides is 1. The predicted octanol–water partition coefficient (Wildman–Crippen LogP) is 3.85. The van der Waals surface area contributed by atoms with Crippen LogP contribution in [0.5, 0.6) is 5.75 Å². The van der Waals surface area contributed by atoms with Crippen molar-refractivity contribution in [1.29, 1.82) is 0 Å². The number of methoxy groups -OCH3 is 1. The molecule has 1 fully saturated rings. The van der Waals surface area contributed by atoms with E-state index in [2.05, 4.69) is 23.1 Å². The molecule has 5 nitrogen and oxygen atoms in total. The summed E-state index contributed by atoms with van der Waals surface area (Å²) in [6.45, 7) is 2.94. The van der Waals surface area contributed by atoms with Crippen LogP contribution < -0.4 is 14.5 Å². The van der Waals surface area contributed by atoms with Crippen molar-refractivity contribution in [3.05, 3.63) is 53.6 Å². The molecule has 2 aromatic rings. The zero-order valence-electron chi connectivity index (χ0n) is 16.3. The lowest BCUT2D eigenvalue weighted by atomic mass is 10.1. The fourth-order valence-electron chi connectivity index (χ4n) is 4.10. The first kappa shape index (κ1) is 18.5. The Morgan fingerprint density at radius 1 is 0.964 bits per heavy atom. The molecular formula is C23H26N2O3. The molecule has 1 saturated heterocycles. The van der Waals surface area contributed by atoms with Crippen molar-refractivity contribution in [3.63, 3.8) is 0 Å². The first-order chi connectivity index (χ1) is 13.7. The zero-order valence-corrected chi connectivity index (χ0v) is 16.3. The molecule has 5 heteroatoms. The Morgan fingerprint density at radius 3 is 2.43 bits per heavy atom. The van der Waals surface area contributed by atoms with Gasteiger partial charge in [-0.15, -0.1) is 0 Å². The highest BCUT2D eigenvalue weighted by molar-refractivity contribution is 6.01. The highest BCUT2D eigenvalue weighted by atomic mass is 16.5. The molecule has 0 radical (unpaired) electrons. The summed E-state index contributed by atoms with van der Waals surface area (Å²) in [7, 11) is 1.59. The number of Topliss-reactive ketones (excluding diaryl/α,β-unsaturated/α-hetero) is 1. The van der Waals surface area contributed by atoms with Gasteiger partial charge in [0.25, 0.3) is 0 Å². The van der Waals surface area contributed by atoms with Gasteiger partial charge in [0.2, 0.25) is 5.91 Å². The van der Waals surface area contributed by atoms with E-state index in [1.165, 1.54) is 24.1 Å². The maximum atomic E-state index is 12.7. The summed E-state index contributed by atoms with van der Waals surface area (Å²) >= 11 is 0. The lowest BCUT2D eigenvalue weighted by molar-refractivity contribution is -0.118. The van der Waals surface area contributed by atoms with Crippen LogP contribution >= 0.6 is 0 Å². The molecule has 0 aromatic heterocycles. The number of hydrogen-bond acceptors (Lipinski definition) is 4. The molecule has 146 valence electrons. The van der Waals surface area contributed by atoms with Gasteiger partial charge in [0, 0.05) is 49.4 Å². The second kappa shape index (κ2) is 8.05. The lowest BCUT2D eigenvalue weighted by Crippen LogP contribution is -2.29. The third-order valence-corrected chi connectivity index (χ3v) is 5.71. The van der Waals surface area contributed by atoms with E-state index in [0.717, 1.165) is 30.9 Å². The molecule has 28 heavy (non-hydrogen) atoms. The van der Waals surface area contributed by atoms with Crippen molar-refractivity contribution in [3.8, 4) is 5.75 Å². The molecule has 2 aromatic carbocycles. The second-order valence-electron chi connectivity index (χ2n) is 7.45. The number of ketones is 1. The van der Waals surface area contributed by atoms with Gasteiger partial charge in [-0.3, -0.25) is 9.59 Å². The zero-order chi connectivity index (χ0) is 19.5. The summed E-state index contributed by atoms with van der Waals surface area (Å²) < 4.78 is 5.11. The molecule has 2 aliphatic rings. The van der Waals surface area contributed by atoms with Crippen LogP contribution in [0.25, 0.3) is 0 Å². The van der Waals surface area contributed by atoms with Gasteiger partial charge < -0.3 is 14.5 Å². The van der Waals surface area contributed by atoms with E-state index in [-0.39, 0.29) is 24.5 Å². The third kappa shape index (κ3) is 3.75. The van der Waals surface area contributed by atoms with Crippen molar-refractivity contribution in [2.75, 3.05) is 36.5 Å². The van der Waals surface area contributed by atoms with Crippen LogP contribution in [0.3, 0.4) is 0 Å². The Labute approximate surface area is 165 Å². The Balaban J connectivity index is 1.37. The Bertz CT molecular complexity index is 870. The van der Waals surface area contributed by atoms with Crippen molar-refractivity contribution >= 4 is 23.1 Å². The van der Waals surface area contributed by atoms with Gasteiger partial charge in [0.15, 0.2) is 5.78 Å². The number of nitrogens with zero attached hydrogens (tertiary/aromatic N) is 2. The summed E-state index contributed by atoms with van der Waals surface area (Å²) in [5, 5.41) is 0. The van der Waals surface area contributed by atoms with Gasteiger partial charge in [-0.1, -0.05) is 0 Å². The average molecular weight is 378 g/mol. The molecule has 0 aliphatic carbocycles. The van der Waals surface area contributed by atoms with Crippen molar-refractivity contribution in [1.82, 2.24) is 0 Å². The van der Waals surface area contributed by atoms with Gasteiger partial charge >= 0.3 is 0 Å². The smallest absolute Gasteiger partial charge is 0.227 e. The fourth-order valence-corrected chi connectivity index (χ4v) is 4.10. The summed E-state index contributed by atoms with van der Waals surface area (Å²) in [4.78, 5) is 29.4. The van der Waals surface area contributed by atoms with E-state index in [9.17, 15) is 9.59 Å². The lowest BCUT2D eigenvalue weighted by Gasteiger charge is -2.20. The van der Waals surface area contributed by atoms with Crippen LogP contribution in [0.15, 0.2) is 42.5 Å². The molecule has 0 unspecified atom stereocenters. The number of fused-ring (bicyclic) bond motifs is 1. The maximum absolute atomic E-state index is 12.7. The van der Waals surface area contributed by atoms with Crippen molar-refractivity contribution in [2.24, 2.45) is 0 Å². The molecular weight excluding hydrogens is 352 g/mol. The van der Waals surface area contributed by atoms with E-state index >= 15 is 0 Å². The summed E-state index contributed by atoms with van der Waals surface area (Å²) in [6, 6.07) is 13.5. The number of carbonyl (C=O) groups excluding carboxylic acids is 2.